The van der Waals surface area contributed by atoms with Crippen LogP contribution in [0.1, 0.15) is 31.4 Å². The molecule has 3 atom stereocenters. The standard InChI is InChI=1S/C13H17F2NO/c1-2-8-5-12(8)16-7-13(17)10-6-9(14)3-4-11(10)15/h3-4,6,8,12-13,16-17H,2,5,7H2,1H3. The molecule has 0 aromatic heterocycles. The molecule has 1 aliphatic rings. The van der Waals surface area contributed by atoms with Crippen LogP contribution >= 0.6 is 0 Å². The SMILES string of the molecule is CCC1CC1NCC(O)c1cc(F)ccc1F. The minimum atomic E-state index is -0.996. The average molecular weight is 241 g/mol. The van der Waals surface area contributed by atoms with Gasteiger partial charge in [-0.25, -0.2) is 8.78 Å². The van der Waals surface area contributed by atoms with Crippen LogP contribution in [-0.4, -0.2) is 17.7 Å². The molecule has 3 unspecified atom stereocenters. The lowest BCUT2D eigenvalue weighted by molar-refractivity contribution is 0.168. The van der Waals surface area contributed by atoms with E-state index in [1.807, 2.05) is 0 Å². The van der Waals surface area contributed by atoms with E-state index in [4.69, 9.17) is 0 Å². The van der Waals surface area contributed by atoms with Gasteiger partial charge in [-0.15, -0.1) is 0 Å². The number of aliphatic hydroxyl groups is 1. The lowest BCUT2D eigenvalue weighted by atomic mass is 10.1. The molecule has 0 radical (unpaired) electrons. The van der Waals surface area contributed by atoms with Crippen molar-refractivity contribution in [2.75, 3.05) is 6.54 Å². The maximum atomic E-state index is 13.3. The Balaban J connectivity index is 1.90. The highest BCUT2D eigenvalue weighted by Gasteiger charge is 2.35. The average Bonchev–Trinajstić information content (AvgIpc) is 3.08. The van der Waals surface area contributed by atoms with E-state index in [1.54, 1.807) is 0 Å². The number of aliphatic hydroxyl groups excluding tert-OH is 1. The Labute approximate surface area is 99.7 Å². The topological polar surface area (TPSA) is 32.3 Å². The predicted octanol–water partition coefficient (Wildman–Crippen LogP) is 2.39. The first-order chi connectivity index (χ1) is 8.11. The molecule has 1 aliphatic carbocycles. The van der Waals surface area contributed by atoms with Gasteiger partial charge in [-0.2, -0.15) is 0 Å². The summed E-state index contributed by atoms with van der Waals surface area (Å²) in [5, 5.41) is 13.0. The van der Waals surface area contributed by atoms with Crippen LogP contribution in [0.5, 0.6) is 0 Å². The summed E-state index contributed by atoms with van der Waals surface area (Å²) in [6.45, 7) is 2.39. The summed E-state index contributed by atoms with van der Waals surface area (Å²) < 4.78 is 26.3. The molecule has 0 bridgehead atoms. The first-order valence-corrected chi connectivity index (χ1v) is 5.98. The fourth-order valence-electron chi connectivity index (χ4n) is 2.09. The fraction of sp³-hybridized carbons (Fsp3) is 0.538. The lowest BCUT2D eigenvalue weighted by Gasteiger charge is -2.13. The minimum Gasteiger partial charge on any atom is -0.387 e. The second-order valence-electron chi connectivity index (χ2n) is 4.60. The Morgan fingerprint density at radius 2 is 2.24 bits per heavy atom. The summed E-state index contributed by atoms with van der Waals surface area (Å²) in [6.07, 6.45) is 1.22. The molecule has 17 heavy (non-hydrogen) atoms. The van der Waals surface area contributed by atoms with Gasteiger partial charge in [0, 0.05) is 18.2 Å². The van der Waals surface area contributed by atoms with Crippen molar-refractivity contribution in [2.24, 2.45) is 5.92 Å². The summed E-state index contributed by atoms with van der Waals surface area (Å²) >= 11 is 0. The van der Waals surface area contributed by atoms with E-state index >= 15 is 0 Å². The maximum absolute atomic E-state index is 13.3. The first kappa shape index (κ1) is 12.5. The number of rotatable bonds is 5. The van der Waals surface area contributed by atoms with Crippen LogP contribution in [0.25, 0.3) is 0 Å². The summed E-state index contributed by atoms with van der Waals surface area (Å²) in [6, 6.07) is 3.56. The number of nitrogens with one attached hydrogen (secondary N) is 1. The molecule has 0 spiro atoms. The molecule has 94 valence electrons. The van der Waals surface area contributed by atoms with Crippen molar-refractivity contribution >= 4 is 0 Å². The molecule has 0 amide bonds. The minimum absolute atomic E-state index is 0.0196. The summed E-state index contributed by atoms with van der Waals surface area (Å²) in [4.78, 5) is 0. The number of halogens is 2. The van der Waals surface area contributed by atoms with E-state index in [2.05, 4.69) is 12.2 Å². The Bertz CT molecular complexity index is 397. The molecule has 1 saturated carbocycles. The van der Waals surface area contributed by atoms with Gasteiger partial charge in [-0.3, -0.25) is 0 Å². The third kappa shape index (κ3) is 3.01. The molecule has 0 saturated heterocycles. The third-order valence-corrected chi connectivity index (χ3v) is 3.34. The molecular formula is C13H17F2NO. The maximum Gasteiger partial charge on any atom is 0.129 e. The van der Waals surface area contributed by atoms with Crippen LogP contribution in [0.4, 0.5) is 8.78 Å². The van der Waals surface area contributed by atoms with Gasteiger partial charge in [0.25, 0.3) is 0 Å². The normalized spacial score (nSPS) is 24.7. The smallest absolute Gasteiger partial charge is 0.129 e. The van der Waals surface area contributed by atoms with E-state index in [0.717, 1.165) is 31.0 Å². The van der Waals surface area contributed by atoms with Crippen LogP contribution in [-0.2, 0) is 0 Å². The van der Waals surface area contributed by atoms with Crippen LogP contribution < -0.4 is 5.32 Å². The van der Waals surface area contributed by atoms with Crippen molar-refractivity contribution in [3.05, 3.63) is 35.4 Å². The van der Waals surface area contributed by atoms with Crippen molar-refractivity contribution in [1.82, 2.24) is 5.32 Å². The monoisotopic (exact) mass is 241 g/mol. The van der Waals surface area contributed by atoms with Crippen molar-refractivity contribution in [2.45, 2.75) is 31.9 Å². The van der Waals surface area contributed by atoms with E-state index in [1.165, 1.54) is 0 Å². The molecule has 2 rings (SSSR count). The van der Waals surface area contributed by atoms with Crippen molar-refractivity contribution in [1.29, 1.82) is 0 Å². The van der Waals surface area contributed by atoms with Gasteiger partial charge in [0.05, 0.1) is 6.10 Å². The van der Waals surface area contributed by atoms with Crippen molar-refractivity contribution in [3.63, 3.8) is 0 Å². The lowest BCUT2D eigenvalue weighted by Crippen LogP contribution is -2.25. The molecule has 0 heterocycles. The van der Waals surface area contributed by atoms with Gasteiger partial charge in [0.1, 0.15) is 11.6 Å². The molecule has 2 N–H and O–H groups in total. The van der Waals surface area contributed by atoms with E-state index in [9.17, 15) is 13.9 Å². The second kappa shape index (κ2) is 5.10. The molecule has 2 nitrogen and oxygen atoms in total. The highest BCUT2D eigenvalue weighted by atomic mass is 19.1. The van der Waals surface area contributed by atoms with Gasteiger partial charge in [0.15, 0.2) is 0 Å². The Kier molecular flexibility index (Phi) is 3.74. The number of benzene rings is 1. The first-order valence-electron chi connectivity index (χ1n) is 5.98. The fourth-order valence-corrected chi connectivity index (χ4v) is 2.09. The van der Waals surface area contributed by atoms with Gasteiger partial charge < -0.3 is 10.4 Å². The Morgan fingerprint density at radius 3 is 2.88 bits per heavy atom. The number of hydrogen-bond donors (Lipinski definition) is 2. The van der Waals surface area contributed by atoms with E-state index < -0.39 is 17.7 Å². The summed E-state index contributed by atoms with van der Waals surface area (Å²) in [5.74, 6) is -0.429. The zero-order valence-corrected chi connectivity index (χ0v) is 9.79. The van der Waals surface area contributed by atoms with E-state index in [-0.39, 0.29) is 12.1 Å². The summed E-state index contributed by atoms with van der Waals surface area (Å²) in [5.41, 5.74) is 0.0196. The van der Waals surface area contributed by atoms with Crippen LogP contribution in [0.15, 0.2) is 18.2 Å². The van der Waals surface area contributed by atoms with Crippen molar-refractivity contribution < 1.29 is 13.9 Å². The molecule has 1 aromatic carbocycles. The van der Waals surface area contributed by atoms with Crippen molar-refractivity contribution in [3.8, 4) is 0 Å². The van der Waals surface area contributed by atoms with Crippen LogP contribution in [0.3, 0.4) is 0 Å². The third-order valence-electron chi connectivity index (χ3n) is 3.34. The molecule has 1 aromatic rings. The van der Waals surface area contributed by atoms with Gasteiger partial charge in [-0.1, -0.05) is 13.3 Å². The zero-order chi connectivity index (χ0) is 12.4. The highest BCUT2D eigenvalue weighted by Crippen LogP contribution is 2.33. The predicted molar refractivity (Wildman–Crippen MR) is 61.5 cm³/mol. The van der Waals surface area contributed by atoms with Gasteiger partial charge >= 0.3 is 0 Å². The van der Waals surface area contributed by atoms with E-state index in [0.29, 0.717) is 12.0 Å². The zero-order valence-electron chi connectivity index (χ0n) is 9.79. The Morgan fingerprint density at radius 1 is 1.47 bits per heavy atom. The quantitative estimate of drug-likeness (QED) is 0.829. The molecule has 0 aliphatic heterocycles. The van der Waals surface area contributed by atoms with Crippen LogP contribution in [0, 0.1) is 17.6 Å². The Hall–Kier alpha value is -1.00. The number of hydrogen-bond acceptors (Lipinski definition) is 2. The molecule has 1 fully saturated rings. The van der Waals surface area contributed by atoms with Crippen LogP contribution in [0.2, 0.25) is 0 Å². The summed E-state index contributed by atoms with van der Waals surface area (Å²) in [7, 11) is 0. The molecular weight excluding hydrogens is 224 g/mol. The largest absolute Gasteiger partial charge is 0.387 e. The van der Waals surface area contributed by atoms with Gasteiger partial charge in [0.2, 0.25) is 0 Å². The van der Waals surface area contributed by atoms with Gasteiger partial charge in [-0.05, 0) is 30.5 Å². The molecule has 4 heteroatoms. The second-order valence-corrected chi connectivity index (χ2v) is 4.60. The highest BCUT2D eigenvalue weighted by molar-refractivity contribution is 5.21.